The number of carbonyl (C=O) groups excluding carboxylic acids is 1. The van der Waals surface area contributed by atoms with Gasteiger partial charge >= 0.3 is 0 Å². The monoisotopic (exact) mass is 210 g/mol. The van der Waals surface area contributed by atoms with Gasteiger partial charge in [-0.2, -0.15) is 0 Å². The number of likely N-dealkylation sites (tertiary alicyclic amines) is 1. The molecule has 1 aliphatic carbocycles. The summed E-state index contributed by atoms with van der Waals surface area (Å²) in [6.07, 6.45) is 3.07. The zero-order valence-electron chi connectivity index (χ0n) is 10.0. The van der Waals surface area contributed by atoms with E-state index < -0.39 is 0 Å². The fraction of sp³-hybridized carbons (Fsp3) is 0.917. The smallest absolute Gasteiger partial charge is 0.228 e. The average molecular weight is 210 g/mol. The van der Waals surface area contributed by atoms with E-state index in [1.807, 2.05) is 4.90 Å². The minimum absolute atomic E-state index is 0.0302. The fourth-order valence-electron chi connectivity index (χ4n) is 2.33. The number of nitrogens with zero attached hydrogens (tertiary/aromatic N) is 1. The molecule has 86 valence electrons. The van der Waals surface area contributed by atoms with Crippen molar-refractivity contribution in [3.05, 3.63) is 0 Å². The maximum absolute atomic E-state index is 12.2. The molecule has 3 nitrogen and oxygen atoms in total. The molecule has 3 heteroatoms. The van der Waals surface area contributed by atoms with Gasteiger partial charge in [0.25, 0.3) is 0 Å². The second kappa shape index (κ2) is 3.21. The number of nitrogens with two attached hydrogens (primary N) is 1. The lowest BCUT2D eigenvalue weighted by atomic mass is 9.79. The third-order valence-electron chi connectivity index (χ3n) is 4.12. The van der Waals surface area contributed by atoms with Crippen molar-refractivity contribution < 1.29 is 4.79 Å². The molecule has 1 unspecified atom stereocenters. The van der Waals surface area contributed by atoms with Gasteiger partial charge in [0, 0.05) is 24.5 Å². The summed E-state index contributed by atoms with van der Waals surface area (Å²) >= 11 is 0. The topological polar surface area (TPSA) is 46.3 Å². The van der Waals surface area contributed by atoms with Crippen molar-refractivity contribution in [3.63, 3.8) is 0 Å². The van der Waals surface area contributed by atoms with Crippen molar-refractivity contribution in [2.75, 3.05) is 13.1 Å². The van der Waals surface area contributed by atoms with Crippen LogP contribution in [-0.2, 0) is 4.79 Å². The van der Waals surface area contributed by atoms with Crippen molar-refractivity contribution in [3.8, 4) is 0 Å². The van der Waals surface area contributed by atoms with E-state index in [0.29, 0.717) is 5.91 Å². The number of carbonyl (C=O) groups is 1. The molecule has 0 bridgehead atoms. The van der Waals surface area contributed by atoms with E-state index in [-0.39, 0.29) is 16.9 Å². The summed E-state index contributed by atoms with van der Waals surface area (Å²) < 4.78 is 0. The van der Waals surface area contributed by atoms with Gasteiger partial charge in [0.05, 0.1) is 0 Å². The molecule has 0 radical (unpaired) electrons. The molecular weight excluding hydrogens is 188 g/mol. The first kappa shape index (κ1) is 10.9. The van der Waals surface area contributed by atoms with Crippen molar-refractivity contribution >= 4 is 5.91 Å². The summed E-state index contributed by atoms with van der Waals surface area (Å²) in [4.78, 5) is 14.2. The molecule has 0 aromatic rings. The first-order valence-corrected chi connectivity index (χ1v) is 5.90. The van der Waals surface area contributed by atoms with Crippen LogP contribution in [0.1, 0.15) is 40.0 Å². The summed E-state index contributed by atoms with van der Waals surface area (Å²) in [5, 5.41) is 0. The normalized spacial score (nSPS) is 32.5. The Labute approximate surface area is 92.0 Å². The number of rotatable bonds is 1. The second-order valence-corrected chi connectivity index (χ2v) is 6.17. The van der Waals surface area contributed by atoms with Crippen LogP contribution < -0.4 is 5.73 Å². The zero-order valence-corrected chi connectivity index (χ0v) is 10.0. The third-order valence-corrected chi connectivity index (χ3v) is 4.12. The lowest BCUT2D eigenvalue weighted by Crippen LogP contribution is -2.55. The molecule has 1 atom stereocenters. The van der Waals surface area contributed by atoms with Crippen LogP contribution in [0.4, 0.5) is 0 Å². The van der Waals surface area contributed by atoms with E-state index in [0.717, 1.165) is 32.4 Å². The predicted molar refractivity (Wildman–Crippen MR) is 60.3 cm³/mol. The van der Waals surface area contributed by atoms with Crippen molar-refractivity contribution in [1.82, 2.24) is 4.90 Å². The lowest BCUT2D eigenvalue weighted by Gasteiger charge is -2.43. The Bertz CT molecular complexity index is 281. The van der Waals surface area contributed by atoms with Crippen LogP contribution in [0.15, 0.2) is 0 Å². The highest BCUT2D eigenvalue weighted by atomic mass is 16.2. The standard InChI is InChI=1S/C12H22N2O/c1-11(2)8-14(7-4-9(11)13)10(15)12(3)5-6-12/h9H,4-8,13H2,1-3H3. The molecule has 1 heterocycles. The van der Waals surface area contributed by atoms with Crippen LogP contribution in [0.3, 0.4) is 0 Å². The maximum atomic E-state index is 12.2. The van der Waals surface area contributed by atoms with Gasteiger partial charge in [-0.25, -0.2) is 0 Å². The highest BCUT2D eigenvalue weighted by molar-refractivity contribution is 5.85. The van der Waals surface area contributed by atoms with Gasteiger partial charge in [0.15, 0.2) is 0 Å². The molecule has 2 fully saturated rings. The number of piperidine rings is 1. The lowest BCUT2D eigenvalue weighted by molar-refractivity contribution is -0.139. The van der Waals surface area contributed by atoms with E-state index in [4.69, 9.17) is 5.73 Å². The first-order chi connectivity index (χ1) is 6.85. The van der Waals surface area contributed by atoms with Gasteiger partial charge < -0.3 is 10.6 Å². The maximum Gasteiger partial charge on any atom is 0.228 e. The molecule has 1 amide bonds. The predicted octanol–water partition coefficient (Wildman–Crippen LogP) is 1.37. The summed E-state index contributed by atoms with van der Waals surface area (Å²) in [5.41, 5.74) is 6.10. The van der Waals surface area contributed by atoms with Gasteiger partial charge in [-0.1, -0.05) is 20.8 Å². The van der Waals surface area contributed by atoms with E-state index in [2.05, 4.69) is 20.8 Å². The molecule has 15 heavy (non-hydrogen) atoms. The van der Waals surface area contributed by atoms with Crippen LogP contribution in [0.25, 0.3) is 0 Å². The summed E-state index contributed by atoms with van der Waals surface area (Å²) in [6.45, 7) is 8.07. The van der Waals surface area contributed by atoms with Gasteiger partial charge in [-0.05, 0) is 24.7 Å². The van der Waals surface area contributed by atoms with Gasteiger partial charge in [0.1, 0.15) is 0 Å². The summed E-state index contributed by atoms with van der Waals surface area (Å²) in [6, 6.07) is 0.230. The van der Waals surface area contributed by atoms with E-state index >= 15 is 0 Å². The van der Waals surface area contributed by atoms with E-state index in [1.54, 1.807) is 0 Å². The van der Waals surface area contributed by atoms with Gasteiger partial charge in [-0.3, -0.25) is 4.79 Å². The van der Waals surface area contributed by atoms with Crippen molar-refractivity contribution in [2.45, 2.75) is 46.1 Å². The molecule has 0 aromatic carbocycles. The quantitative estimate of drug-likeness (QED) is 0.710. The Balaban J connectivity index is 2.03. The van der Waals surface area contributed by atoms with E-state index in [1.165, 1.54) is 0 Å². The van der Waals surface area contributed by atoms with Crippen molar-refractivity contribution in [2.24, 2.45) is 16.6 Å². The second-order valence-electron chi connectivity index (χ2n) is 6.17. The molecule has 2 rings (SSSR count). The Morgan fingerprint density at radius 3 is 2.40 bits per heavy atom. The number of hydrogen-bond donors (Lipinski definition) is 1. The zero-order chi connectivity index (χ0) is 11.3. The van der Waals surface area contributed by atoms with Crippen molar-refractivity contribution in [1.29, 1.82) is 0 Å². The molecule has 1 saturated carbocycles. The van der Waals surface area contributed by atoms with Gasteiger partial charge in [0.2, 0.25) is 5.91 Å². The molecular formula is C12H22N2O. The Hall–Kier alpha value is -0.570. The largest absolute Gasteiger partial charge is 0.342 e. The van der Waals surface area contributed by atoms with Crippen LogP contribution in [0.5, 0.6) is 0 Å². The molecule has 1 saturated heterocycles. The number of amides is 1. The van der Waals surface area contributed by atoms with Crippen LogP contribution >= 0.6 is 0 Å². The first-order valence-electron chi connectivity index (χ1n) is 5.90. The molecule has 2 aliphatic rings. The minimum atomic E-state index is -0.0302. The average Bonchev–Trinajstić information content (AvgIpc) is 2.89. The Morgan fingerprint density at radius 1 is 1.33 bits per heavy atom. The molecule has 2 N–H and O–H groups in total. The Morgan fingerprint density at radius 2 is 1.93 bits per heavy atom. The highest BCUT2D eigenvalue weighted by Gasteiger charge is 2.49. The van der Waals surface area contributed by atoms with Crippen LogP contribution in [0, 0.1) is 10.8 Å². The molecule has 0 aromatic heterocycles. The van der Waals surface area contributed by atoms with Crippen LogP contribution in [0.2, 0.25) is 0 Å². The SMILES string of the molecule is CC1(C(=O)N2CCC(N)C(C)(C)C2)CC1. The van der Waals surface area contributed by atoms with E-state index in [9.17, 15) is 4.79 Å². The number of hydrogen-bond acceptors (Lipinski definition) is 2. The highest BCUT2D eigenvalue weighted by Crippen LogP contribution is 2.47. The van der Waals surface area contributed by atoms with Gasteiger partial charge in [-0.15, -0.1) is 0 Å². The fourth-order valence-corrected chi connectivity index (χ4v) is 2.33. The molecule has 1 aliphatic heterocycles. The summed E-state index contributed by atoms with van der Waals surface area (Å²) in [7, 11) is 0. The Kier molecular flexibility index (Phi) is 2.34. The third kappa shape index (κ3) is 1.89. The van der Waals surface area contributed by atoms with Crippen LogP contribution in [-0.4, -0.2) is 29.9 Å². The molecule has 0 spiro atoms. The minimum Gasteiger partial charge on any atom is -0.342 e. The summed E-state index contributed by atoms with van der Waals surface area (Å²) in [5.74, 6) is 0.350.